The van der Waals surface area contributed by atoms with E-state index in [-0.39, 0.29) is 0 Å². The molecule has 2 aliphatic rings. The van der Waals surface area contributed by atoms with Crippen LogP contribution in [0.1, 0.15) is 24.8 Å². The van der Waals surface area contributed by atoms with Crippen LogP contribution in [0.15, 0.2) is 24.3 Å². The Morgan fingerprint density at radius 2 is 2.24 bits per heavy atom. The average molecular weight is 232 g/mol. The van der Waals surface area contributed by atoms with Gasteiger partial charge < -0.3 is 15.0 Å². The van der Waals surface area contributed by atoms with Gasteiger partial charge in [0.2, 0.25) is 0 Å². The highest BCUT2D eigenvalue weighted by molar-refractivity contribution is 5.56. The van der Waals surface area contributed by atoms with Crippen molar-refractivity contribution in [3.05, 3.63) is 29.8 Å². The maximum atomic E-state index is 5.81. The maximum absolute atomic E-state index is 5.81. The summed E-state index contributed by atoms with van der Waals surface area (Å²) in [5.74, 6) is 0.491. The fourth-order valence-electron chi connectivity index (χ4n) is 2.86. The van der Waals surface area contributed by atoms with E-state index in [1.54, 1.807) is 0 Å². The number of anilines is 1. The molecule has 0 aliphatic carbocycles. The van der Waals surface area contributed by atoms with Crippen molar-refractivity contribution in [3.8, 4) is 0 Å². The lowest BCUT2D eigenvalue weighted by atomic mass is 9.99. The Bertz CT molecular complexity index is 388. The summed E-state index contributed by atoms with van der Waals surface area (Å²) < 4.78 is 5.81. The molecule has 1 aromatic carbocycles. The van der Waals surface area contributed by atoms with Crippen molar-refractivity contribution < 1.29 is 4.74 Å². The highest BCUT2D eigenvalue weighted by Crippen LogP contribution is 2.32. The van der Waals surface area contributed by atoms with Gasteiger partial charge in [0.15, 0.2) is 0 Å². The molecule has 0 aromatic heterocycles. The largest absolute Gasteiger partial charge is 0.360 e. The number of ether oxygens (including phenoxy) is 1. The SMILES string of the molecule is CC1COCN([C@H]2CCNC2)c2ccccc21. The van der Waals surface area contributed by atoms with Gasteiger partial charge >= 0.3 is 0 Å². The Morgan fingerprint density at radius 1 is 1.35 bits per heavy atom. The summed E-state index contributed by atoms with van der Waals surface area (Å²) in [4.78, 5) is 2.43. The van der Waals surface area contributed by atoms with Crippen LogP contribution in [0.25, 0.3) is 0 Å². The van der Waals surface area contributed by atoms with E-state index in [1.165, 1.54) is 17.7 Å². The van der Waals surface area contributed by atoms with Crippen LogP contribution in [0.2, 0.25) is 0 Å². The molecule has 1 saturated heterocycles. The molecule has 2 aliphatic heterocycles. The lowest BCUT2D eigenvalue weighted by molar-refractivity contribution is 0.125. The number of rotatable bonds is 1. The summed E-state index contributed by atoms with van der Waals surface area (Å²) >= 11 is 0. The van der Waals surface area contributed by atoms with E-state index in [0.717, 1.165) is 26.4 Å². The number of nitrogens with one attached hydrogen (secondary N) is 1. The predicted octanol–water partition coefficient (Wildman–Crippen LogP) is 1.95. The Labute approximate surface area is 103 Å². The van der Waals surface area contributed by atoms with Crippen molar-refractivity contribution in [3.63, 3.8) is 0 Å². The van der Waals surface area contributed by atoms with E-state index >= 15 is 0 Å². The smallest absolute Gasteiger partial charge is 0.119 e. The van der Waals surface area contributed by atoms with Gasteiger partial charge in [0, 0.05) is 24.2 Å². The van der Waals surface area contributed by atoms with Crippen molar-refractivity contribution in [1.29, 1.82) is 0 Å². The number of para-hydroxylation sites is 1. The number of hydrogen-bond donors (Lipinski definition) is 1. The normalized spacial score (nSPS) is 28.9. The van der Waals surface area contributed by atoms with Crippen molar-refractivity contribution in [2.24, 2.45) is 0 Å². The molecule has 0 bridgehead atoms. The van der Waals surface area contributed by atoms with Crippen molar-refractivity contribution in [2.45, 2.75) is 25.3 Å². The van der Waals surface area contributed by atoms with Gasteiger partial charge in [-0.25, -0.2) is 0 Å². The topological polar surface area (TPSA) is 24.5 Å². The van der Waals surface area contributed by atoms with Gasteiger partial charge in [0.25, 0.3) is 0 Å². The summed E-state index contributed by atoms with van der Waals surface area (Å²) in [6.07, 6.45) is 1.21. The van der Waals surface area contributed by atoms with Gasteiger partial charge in [-0.3, -0.25) is 0 Å². The first-order valence-corrected chi connectivity index (χ1v) is 6.50. The molecular formula is C14H20N2O. The van der Waals surface area contributed by atoms with Crippen LogP contribution in [0.5, 0.6) is 0 Å². The average Bonchev–Trinajstić information content (AvgIpc) is 2.83. The van der Waals surface area contributed by atoms with E-state index in [4.69, 9.17) is 4.74 Å². The zero-order chi connectivity index (χ0) is 11.7. The zero-order valence-electron chi connectivity index (χ0n) is 10.4. The van der Waals surface area contributed by atoms with E-state index in [0.29, 0.717) is 12.0 Å². The van der Waals surface area contributed by atoms with Crippen LogP contribution >= 0.6 is 0 Å². The van der Waals surface area contributed by atoms with Gasteiger partial charge in [0.1, 0.15) is 6.73 Å². The molecule has 0 amide bonds. The van der Waals surface area contributed by atoms with Gasteiger partial charge in [0.05, 0.1) is 6.61 Å². The number of hydrogen-bond acceptors (Lipinski definition) is 3. The number of fused-ring (bicyclic) bond motifs is 1. The molecule has 0 radical (unpaired) electrons. The maximum Gasteiger partial charge on any atom is 0.119 e. The Balaban J connectivity index is 1.96. The van der Waals surface area contributed by atoms with Crippen LogP contribution in [-0.4, -0.2) is 32.5 Å². The third-order valence-corrected chi connectivity index (χ3v) is 3.85. The van der Waals surface area contributed by atoms with Crippen LogP contribution in [0, 0.1) is 0 Å². The third kappa shape index (κ3) is 2.05. The fraction of sp³-hybridized carbons (Fsp3) is 0.571. The molecule has 3 heteroatoms. The molecule has 0 spiro atoms. The number of benzene rings is 1. The Kier molecular flexibility index (Phi) is 3.04. The second kappa shape index (κ2) is 4.67. The van der Waals surface area contributed by atoms with E-state index in [9.17, 15) is 0 Å². The number of nitrogens with zero attached hydrogens (tertiary/aromatic N) is 1. The minimum absolute atomic E-state index is 0.491. The summed E-state index contributed by atoms with van der Waals surface area (Å²) in [6.45, 7) is 6.00. The van der Waals surface area contributed by atoms with Gasteiger partial charge in [-0.05, 0) is 24.6 Å². The first-order chi connectivity index (χ1) is 8.36. The molecule has 3 rings (SSSR count). The fourth-order valence-corrected chi connectivity index (χ4v) is 2.86. The molecule has 0 saturated carbocycles. The summed E-state index contributed by atoms with van der Waals surface area (Å²) in [5, 5.41) is 3.43. The van der Waals surface area contributed by atoms with E-state index in [2.05, 4.69) is 41.4 Å². The molecule has 2 atom stereocenters. The van der Waals surface area contributed by atoms with E-state index < -0.39 is 0 Å². The highest BCUT2D eigenvalue weighted by Gasteiger charge is 2.27. The zero-order valence-corrected chi connectivity index (χ0v) is 10.4. The van der Waals surface area contributed by atoms with Crippen molar-refractivity contribution in [2.75, 3.05) is 31.3 Å². The van der Waals surface area contributed by atoms with Crippen LogP contribution in [0.3, 0.4) is 0 Å². The Hall–Kier alpha value is -1.06. The second-order valence-corrected chi connectivity index (χ2v) is 5.08. The van der Waals surface area contributed by atoms with Crippen molar-refractivity contribution in [1.82, 2.24) is 5.32 Å². The molecule has 2 heterocycles. The van der Waals surface area contributed by atoms with E-state index in [1.807, 2.05) is 0 Å². The summed E-state index contributed by atoms with van der Waals surface area (Å²) in [5.41, 5.74) is 2.79. The highest BCUT2D eigenvalue weighted by atomic mass is 16.5. The quantitative estimate of drug-likeness (QED) is 0.801. The van der Waals surface area contributed by atoms with Crippen LogP contribution < -0.4 is 10.2 Å². The van der Waals surface area contributed by atoms with Crippen LogP contribution in [0.4, 0.5) is 5.69 Å². The van der Waals surface area contributed by atoms with Crippen LogP contribution in [-0.2, 0) is 4.74 Å². The second-order valence-electron chi connectivity index (χ2n) is 5.08. The minimum atomic E-state index is 0.491. The minimum Gasteiger partial charge on any atom is -0.360 e. The summed E-state index contributed by atoms with van der Waals surface area (Å²) in [7, 11) is 0. The molecule has 1 unspecified atom stereocenters. The standard InChI is InChI=1S/C14H20N2O/c1-11-9-17-10-16(12-6-7-15-8-12)14-5-3-2-4-13(11)14/h2-5,11-12,15H,6-10H2,1H3/t11?,12-/m0/s1. The van der Waals surface area contributed by atoms with Gasteiger partial charge in [-0.2, -0.15) is 0 Å². The molecule has 92 valence electrons. The lowest BCUT2D eigenvalue weighted by Crippen LogP contribution is -2.38. The van der Waals surface area contributed by atoms with Gasteiger partial charge in [-0.1, -0.05) is 25.1 Å². The van der Waals surface area contributed by atoms with Gasteiger partial charge in [-0.15, -0.1) is 0 Å². The molecule has 17 heavy (non-hydrogen) atoms. The lowest BCUT2D eigenvalue weighted by Gasteiger charge is -2.30. The van der Waals surface area contributed by atoms with Crippen molar-refractivity contribution >= 4 is 5.69 Å². The first-order valence-electron chi connectivity index (χ1n) is 6.50. The Morgan fingerprint density at radius 3 is 3.06 bits per heavy atom. The molecular weight excluding hydrogens is 212 g/mol. The first kappa shape index (κ1) is 11.1. The molecule has 1 aromatic rings. The summed E-state index contributed by atoms with van der Waals surface area (Å²) in [6, 6.07) is 9.32. The molecule has 1 N–H and O–H groups in total. The predicted molar refractivity (Wildman–Crippen MR) is 69.4 cm³/mol. The molecule has 3 nitrogen and oxygen atoms in total. The third-order valence-electron chi connectivity index (χ3n) is 3.85. The monoisotopic (exact) mass is 232 g/mol. The molecule has 1 fully saturated rings.